The van der Waals surface area contributed by atoms with E-state index < -0.39 is 5.91 Å². The lowest BCUT2D eigenvalue weighted by Crippen LogP contribution is -2.12. The molecule has 0 aliphatic carbocycles. The quantitative estimate of drug-likeness (QED) is 0.706. The number of carbonyl (C=O) groups is 1. The molecule has 0 spiro atoms. The Kier molecular flexibility index (Phi) is 4.26. The number of rotatable bonds is 5. The van der Waals surface area contributed by atoms with Gasteiger partial charge < -0.3 is 10.5 Å². The van der Waals surface area contributed by atoms with Crippen molar-refractivity contribution in [1.29, 1.82) is 0 Å². The molecule has 0 bridgehead atoms. The normalized spacial score (nSPS) is 10.7. The largest absolute Gasteiger partial charge is 0.496 e. The van der Waals surface area contributed by atoms with Crippen molar-refractivity contribution in [3.63, 3.8) is 0 Å². The maximum Gasteiger partial charge on any atom is 0.252 e. The van der Waals surface area contributed by atoms with Gasteiger partial charge >= 0.3 is 0 Å². The third kappa shape index (κ3) is 3.03. The van der Waals surface area contributed by atoms with Gasteiger partial charge in [-0.05, 0) is 29.4 Å². The van der Waals surface area contributed by atoms with Gasteiger partial charge in [0.25, 0.3) is 5.91 Å². The number of fused-ring (bicyclic) bond motifs is 1. The predicted octanol–water partition coefficient (Wildman–Crippen LogP) is 3.95. The molecule has 2 N–H and O–H groups in total. The minimum atomic E-state index is -0.563. The molecule has 0 aliphatic rings. The average molecular weight is 345 g/mol. The first-order chi connectivity index (χ1) is 11.1. The van der Waals surface area contributed by atoms with Crippen LogP contribution in [-0.2, 0) is 0 Å². The van der Waals surface area contributed by atoms with Crippen LogP contribution in [0.2, 0.25) is 0 Å². The number of amides is 1. The second-order valence-corrected chi connectivity index (χ2v) is 6.93. The maximum atomic E-state index is 11.6. The molecule has 0 saturated carbocycles. The molecule has 0 saturated heterocycles. The molecular weight excluding hydrogens is 334 g/mol. The van der Waals surface area contributed by atoms with Crippen LogP contribution in [0.25, 0.3) is 10.9 Å². The molecule has 0 unspecified atom stereocenters. The van der Waals surface area contributed by atoms with Crippen molar-refractivity contribution in [1.82, 2.24) is 4.98 Å². The van der Waals surface area contributed by atoms with Crippen LogP contribution in [0.15, 0.2) is 50.8 Å². The number of hydrogen-bond donors (Lipinski definition) is 1. The first-order valence-corrected chi connectivity index (χ1v) is 8.13. The average Bonchev–Trinajstić information content (AvgIpc) is 3.01. The van der Waals surface area contributed by atoms with Crippen LogP contribution in [0, 0.1) is 4.91 Å². The Hall–Kier alpha value is -2.45. The third-order valence-electron chi connectivity index (χ3n) is 3.16. The van der Waals surface area contributed by atoms with Gasteiger partial charge in [0.1, 0.15) is 5.75 Å². The monoisotopic (exact) mass is 345 g/mol. The minimum Gasteiger partial charge on any atom is -0.496 e. The van der Waals surface area contributed by atoms with Crippen LogP contribution >= 0.6 is 23.1 Å². The number of benzene rings is 1. The van der Waals surface area contributed by atoms with Gasteiger partial charge in [-0.2, -0.15) is 0 Å². The fourth-order valence-corrected chi connectivity index (χ4v) is 4.08. The molecule has 1 amide bonds. The molecule has 6 nitrogen and oxygen atoms in total. The summed E-state index contributed by atoms with van der Waals surface area (Å²) in [4.78, 5) is 27.4. The van der Waals surface area contributed by atoms with Gasteiger partial charge in [-0.1, -0.05) is 11.8 Å². The number of primary amides is 1. The number of ether oxygens (including phenoxy) is 1. The number of nitrogens with two attached hydrogens (primary N) is 1. The number of nitrogens with zero attached hydrogens (tertiary/aromatic N) is 2. The lowest BCUT2D eigenvalue weighted by Gasteiger charge is -2.10. The van der Waals surface area contributed by atoms with E-state index >= 15 is 0 Å². The molecule has 116 valence electrons. The lowest BCUT2D eigenvalue weighted by atomic mass is 10.1. The van der Waals surface area contributed by atoms with E-state index in [2.05, 4.69) is 10.2 Å². The second kappa shape index (κ2) is 6.35. The van der Waals surface area contributed by atoms with E-state index in [-0.39, 0.29) is 0 Å². The summed E-state index contributed by atoms with van der Waals surface area (Å²) >= 11 is 2.78. The lowest BCUT2D eigenvalue weighted by molar-refractivity contribution is 0.0997. The summed E-state index contributed by atoms with van der Waals surface area (Å²) in [6.07, 6.45) is 1.68. The number of hydrogen-bond acceptors (Lipinski definition) is 7. The van der Waals surface area contributed by atoms with Crippen LogP contribution in [0.3, 0.4) is 0 Å². The van der Waals surface area contributed by atoms with Gasteiger partial charge in [-0.25, -0.2) is 0 Å². The molecule has 0 atom stereocenters. The molecule has 3 rings (SSSR count). The van der Waals surface area contributed by atoms with Crippen molar-refractivity contribution >= 4 is 44.9 Å². The summed E-state index contributed by atoms with van der Waals surface area (Å²) in [5, 5.41) is 4.13. The van der Waals surface area contributed by atoms with Crippen LogP contribution < -0.4 is 10.5 Å². The van der Waals surface area contributed by atoms with Gasteiger partial charge in [0, 0.05) is 22.5 Å². The third-order valence-corrected chi connectivity index (χ3v) is 5.33. The molecule has 0 fully saturated rings. The first kappa shape index (κ1) is 15.4. The Morgan fingerprint density at radius 1 is 1.35 bits per heavy atom. The Morgan fingerprint density at radius 2 is 2.17 bits per heavy atom. The van der Waals surface area contributed by atoms with Gasteiger partial charge in [-0.3, -0.25) is 9.78 Å². The van der Waals surface area contributed by atoms with Crippen molar-refractivity contribution in [2.24, 2.45) is 10.9 Å². The first-order valence-electron chi connectivity index (χ1n) is 6.50. The molecule has 0 radical (unpaired) electrons. The Bertz CT molecular complexity index is 908. The summed E-state index contributed by atoms with van der Waals surface area (Å²) in [5.41, 5.74) is 6.41. The highest BCUT2D eigenvalue weighted by Gasteiger charge is 2.14. The highest BCUT2D eigenvalue weighted by atomic mass is 32.2. The number of carbonyl (C=O) groups excluding carboxylic acids is 1. The van der Waals surface area contributed by atoms with Gasteiger partial charge in [0.15, 0.2) is 5.00 Å². The number of nitroso groups, excluding NO2 is 1. The van der Waals surface area contributed by atoms with Crippen molar-refractivity contribution in [2.75, 3.05) is 7.11 Å². The van der Waals surface area contributed by atoms with Crippen LogP contribution in [0.5, 0.6) is 5.75 Å². The van der Waals surface area contributed by atoms with Crippen molar-refractivity contribution in [2.45, 2.75) is 9.10 Å². The summed E-state index contributed by atoms with van der Waals surface area (Å²) in [6.45, 7) is 0. The zero-order valence-electron chi connectivity index (χ0n) is 12.0. The van der Waals surface area contributed by atoms with Crippen LogP contribution in [-0.4, -0.2) is 18.0 Å². The van der Waals surface area contributed by atoms with Crippen LogP contribution in [0.4, 0.5) is 5.00 Å². The summed E-state index contributed by atoms with van der Waals surface area (Å²) in [7, 11) is 1.48. The van der Waals surface area contributed by atoms with E-state index in [0.29, 0.717) is 21.8 Å². The maximum absolute atomic E-state index is 11.6. The summed E-state index contributed by atoms with van der Waals surface area (Å²) in [6, 6.07) is 8.71. The molecule has 8 heteroatoms. The molecule has 3 aromatic rings. The van der Waals surface area contributed by atoms with E-state index in [1.54, 1.807) is 24.4 Å². The van der Waals surface area contributed by atoms with E-state index in [0.717, 1.165) is 14.5 Å². The van der Waals surface area contributed by atoms with E-state index in [4.69, 9.17) is 10.5 Å². The standard InChI is InChI=1S/C15H11N3O3S2/c1-21-11-7-10-8(6-9(11)15(16)19)12(4-5-17-10)22-14-3-2-13(18-20)23-14/h2-7H,1H3,(H2,16,19). The van der Waals surface area contributed by atoms with E-state index in [1.807, 2.05) is 12.1 Å². The molecule has 23 heavy (non-hydrogen) atoms. The highest BCUT2D eigenvalue weighted by Crippen LogP contribution is 2.40. The molecular formula is C15H11N3O3S2. The van der Waals surface area contributed by atoms with Gasteiger partial charge in [-0.15, -0.1) is 16.2 Å². The molecule has 1 aromatic carbocycles. The number of thiophene rings is 1. The SMILES string of the molecule is COc1cc2nccc(Sc3ccc(N=O)s3)c2cc1C(N)=O. The van der Waals surface area contributed by atoms with E-state index in [1.165, 1.54) is 30.2 Å². The topological polar surface area (TPSA) is 94.6 Å². The molecule has 2 aromatic heterocycles. The number of aromatic nitrogens is 1. The van der Waals surface area contributed by atoms with Gasteiger partial charge in [0.05, 0.1) is 22.4 Å². The predicted molar refractivity (Wildman–Crippen MR) is 90.7 cm³/mol. The summed E-state index contributed by atoms with van der Waals surface area (Å²) in [5.74, 6) is -0.171. The fraction of sp³-hybridized carbons (Fsp3) is 0.0667. The van der Waals surface area contributed by atoms with Crippen molar-refractivity contribution in [3.05, 3.63) is 47.0 Å². The molecule has 0 aliphatic heterocycles. The van der Waals surface area contributed by atoms with Crippen LogP contribution in [0.1, 0.15) is 10.4 Å². The number of methoxy groups -OCH3 is 1. The smallest absolute Gasteiger partial charge is 0.252 e. The molecule has 2 heterocycles. The number of pyridine rings is 1. The highest BCUT2D eigenvalue weighted by molar-refractivity contribution is 8.01. The van der Waals surface area contributed by atoms with Gasteiger partial charge in [0.2, 0.25) is 0 Å². The minimum absolute atomic E-state index is 0.302. The zero-order chi connectivity index (χ0) is 16.4. The van der Waals surface area contributed by atoms with E-state index in [9.17, 15) is 9.70 Å². The van der Waals surface area contributed by atoms with Crippen molar-refractivity contribution < 1.29 is 9.53 Å². The Balaban J connectivity index is 2.11. The zero-order valence-corrected chi connectivity index (χ0v) is 13.6. The van der Waals surface area contributed by atoms with Crippen molar-refractivity contribution in [3.8, 4) is 5.75 Å². The Morgan fingerprint density at radius 3 is 2.83 bits per heavy atom. The second-order valence-electron chi connectivity index (χ2n) is 4.53. The summed E-state index contributed by atoms with van der Waals surface area (Å²) < 4.78 is 6.12. The Labute approximate surface area is 139 Å². The fourth-order valence-electron chi connectivity index (χ4n) is 2.12.